The summed E-state index contributed by atoms with van der Waals surface area (Å²) in [6, 6.07) is 0. The van der Waals surface area contributed by atoms with Crippen molar-refractivity contribution < 1.29 is 10.2 Å². The molecule has 3 nitrogen and oxygen atoms in total. The first-order valence-corrected chi connectivity index (χ1v) is 6.82. The molecule has 0 saturated heterocycles. The van der Waals surface area contributed by atoms with Crippen molar-refractivity contribution in [3.8, 4) is 0 Å². The van der Waals surface area contributed by atoms with Gasteiger partial charge in [-0.15, -0.1) is 0 Å². The fraction of sp³-hybridized carbons (Fsp3) is 1.00. The van der Waals surface area contributed by atoms with Crippen molar-refractivity contribution in [2.45, 2.75) is 51.7 Å². The highest BCUT2D eigenvalue weighted by atomic mass is 16.3. The average Bonchev–Trinajstić information content (AvgIpc) is 2.15. The molecule has 0 aromatic heterocycles. The van der Waals surface area contributed by atoms with Crippen LogP contribution in [0.1, 0.15) is 40.0 Å². The lowest BCUT2D eigenvalue weighted by atomic mass is 9.64. The van der Waals surface area contributed by atoms with Gasteiger partial charge in [-0.3, -0.25) is 0 Å². The average molecular weight is 243 g/mol. The molecule has 0 aromatic rings. The van der Waals surface area contributed by atoms with Gasteiger partial charge in [0, 0.05) is 6.54 Å². The van der Waals surface area contributed by atoms with Gasteiger partial charge in [0.05, 0.1) is 11.7 Å². The van der Waals surface area contributed by atoms with Crippen molar-refractivity contribution in [1.82, 2.24) is 4.90 Å². The highest BCUT2D eigenvalue weighted by molar-refractivity contribution is 4.99. The maximum absolute atomic E-state index is 10.9. The van der Waals surface area contributed by atoms with Crippen molar-refractivity contribution in [2.24, 2.45) is 17.8 Å². The highest BCUT2D eigenvalue weighted by Crippen LogP contribution is 2.43. The van der Waals surface area contributed by atoms with Gasteiger partial charge in [0.1, 0.15) is 0 Å². The molecule has 1 fully saturated rings. The number of likely N-dealkylation sites (N-methyl/N-ethyl adjacent to an activating group) is 1. The molecule has 3 heteroatoms. The van der Waals surface area contributed by atoms with E-state index in [4.69, 9.17) is 0 Å². The third-order valence-corrected chi connectivity index (χ3v) is 4.21. The molecule has 0 aliphatic heterocycles. The van der Waals surface area contributed by atoms with E-state index in [0.717, 1.165) is 12.8 Å². The van der Waals surface area contributed by atoms with Crippen LogP contribution in [0.25, 0.3) is 0 Å². The molecular weight excluding hydrogens is 214 g/mol. The molecule has 1 unspecified atom stereocenters. The number of hydrogen-bond donors (Lipinski definition) is 2. The Labute approximate surface area is 106 Å². The van der Waals surface area contributed by atoms with Gasteiger partial charge < -0.3 is 15.1 Å². The lowest BCUT2D eigenvalue weighted by Gasteiger charge is -2.47. The summed E-state index contributed by atoms with van der Waals surface area (Å²) < 4.78 is 0. The topological polar surface area (TPSA) is 43.7 Å². The van der Waals surface area contributed by atoms with Gasteiger partial charge >= 0.3 is 0 Å². The van der Waals surface area contributed by atoms with Crippen LogP contribution in [0.3, 0.4) is 0 Å². The standard InChI is InChI=1S/C14H29NO2/c1-10(2)12-7-6-11(3)8-14(12,17)13(16)9-15(4)5/h10-13,16-17H,6-9H2,1-5H3/t11-,12+,13?,14+/m1/s1. The van der Waals surface area contributed by atoms with Crippen LogP contribution in [-0.4, -0.2) is 47.5 Å². The lowest BCUT2D eigenvalue weighted by Crippen LogP contribution is -2.56. The summed E-state index contributed by atoms with van der Waals surface area (Å²) in [6.07, 6.45) is 2.28. The molecule has 1 rings (SSSR count). The number of rotatable bonds is 4. The van der Waals surface area contributed by atoms with E-state index >= 15 is 0 Å². The molecule has 0 bridgehead atoms. The highest BCUT2D eigenvalue weighted by Gasteiger charge is 2.47. The second-order valence-corrected chi connectivity index (χ2v) is 6.51. The van der Waals surface area contributed by atoms with Crippen molar-refractivity contribution >= 4 is 0 Å². The van der Waals surface area contributed by atoms with Crippen LogP contribution in [0.5, 0.6) is 0 Å². The molecule has 0 amide bonds. The largest absolute Gasteiger partial charge is 0.389 e. The van der Waals surface area contributed by atoms with Crippen LogP contribution in [0.15, 0.2) is 0 Å². The molecule has 0 radical (unpaired) electrons. The summed E-state index contributed by atoms with van der Waals surface area (Å²) in [7, 11) is 3.87. The van der Waals surface area contributed by atoms with E-state index < -0.39 is 11.7 Å². The summed E-state index contributed by atoms with van der Waals surface area (Å²) in [5, 5.41) is 21.3. The minimum atomic E-state index is -0.907. The molecule has 1 aliphatic rings. The van der Waals surface area contributed by atoms with Crippen LogP contribution in [0.4, 0.5) is 0 Å². The van der Waals surface area contributed by atoms with Crippen LogP contribution in [-0.2, 0) is 0 Å². The van der Waals surface area contributed by atoms with Crippen LogP contribution >= 0.6 is 0 Å². The molecule has 102 valence electrons. The molecule has 4 atom stereocenters. The Morgan fingerprint density at radius 1 is 1.29 bits per heavy atom. The van der Waals surface area contributed by atoms with Crippen molar-refractivity contribution in [3.63, 3.8) is 0 Å². The van der Waals surface area contributed by atoms with E-state index in [0.29, 0.717) is 18.4 Å². The first-order valence-electron chi connectivity index (χ1n) is 6.82. The van der Waals surface area contributed by atoms with E-state index in [-0.39, 0.29) is 5.92 Å². The van der Waals surface area contributed by atoms with E-state index in [1.165, 1.54) is 6.42 Å². The van der Waals surface area contributed by atoms with Gasteiger partial charge in [-0.2, -0.15) is 0 Å². The Balaban J connectivity index is 2.84. The minimum absolute atomic E-state index is 0.216. The van der Waals surface area contributed by atoms with E-state index in [1.54, 1.807) is 0 Å². The number of aliphatic hydroxyl groups is 2. The zero-order valence-electron chi connectivity index (χ0n) is 12.0. The summed E-state index contributed by atoms with van der Waals surface area (Å²) in [6.45, 7) is 7.00. The summed E-state index contributed by atoms with van der Waals surface area (Å²) in [5.41, 5.74) is -0.907. The molecule has 2 N–H and O–H groups in total. The smallest absolute Gasteiger partial charge is 0.0956 e. The van der Waals surface area contributed by atoms with Crippen molar-refractivity contribution in [1.29, 1.82) is 0 Å². The van der Waals surface area contributed by atoms with Gasteiger partial charge in [-0.05, 0) is 44.7 Å². The SMILES string of the molecule is CC(C)[C@@H]1CC[C@@H](C)C[C@@]1(O)C(O)CN(C)C. The Bertz CT molecular complexity index is 242. The summed E-state index contributed by atoms with van der Waals surface area (Å²) in [5.74, 6) is 1.14. The summed E-state index contributed by atoms with van der Waals surface area (Å²) >= 11 is 0. The van der Waals surface area contributed by atoms with Crippen LogP contribution in [0.2, 0.25) is 0 Å². The van der Waals surface area contributed by atoms with Gasteiger partial charge in [0.2, 0.25) is 0 Å². The number of nitrogens with zero attached hydrogens (tertiary/aromatic N) is 1. The van der Waals surface area contributed by atoms with Gasteiger partial charge in [-0.25, -0.2) is 0 Å². The Hall–Kier alpha value is -0.120. The fourth-order valence-corrected chi connectivity index (χ4v) is 3.32. The number of hydrogen-bond acceptors (Lipinski definition) is 3. The summed E-state index contributed by atoms with van der Waals surface area (Å²) in [4.78, 5) is 1.94. The molecule has 0 aromatic carbocycles. The molecule has 1 saturated carbocycles. The second kappa shape index (κ2) is 5.68. The van der Waals surface area contributed by atoms with E-state index in [1.807, 2.05) is 19.0 Å². The minimum Gasteiger partial charge on any atom is -0.389 e. The molecule has 17 heavy (non-hydrogen) atoms. The molecule has 0 spiro atoms. The van der Waals surface area contributed by atoms with Gasteiger partial charge in [-0.1, -0.05) is 27.2 Å². The monoisotopic (exact) mass is 243 g/mol. The second-order valence-electron chi connectivity index (χ2n) is 6.51. The van der Waals surface area contributed by atoms with E-state index in [2.05, 4.69) is 20.8 Å². The van der Waals surface area contributed by atoms with Crippen molar-refractivity contribution in [2.75, 3.05) is 20.6 Å². The van der Waals surface area contributed by atoms with Gasteiger partial charge in [0.15, 0.2) is 0 Å². The zero-order chi connectivity index (χ0) is 13.2. The molecular formula is C14H29NO2. The lowest BCUT2D eigenvalue weighted by molar-refractivity contribution is -0.158. The van der Waals surface area contributed by atoms with Gasteiger partial charge in [0.25, 0.3) is 0 Å². The molecule has 1 aliphatic carbocycles. The van der Waals surface area contributed by atoms with Crippen LogP contribution < -0.4 is 0 Å². The first kappa shape index (κ1) is 14.9. The fourth-order valence-electron chi connectivity index (χ4n) is 3.32. The number of aliphatic hydroxyl groups excluding tert-OH is 1. The maximum atomic E-state index is 10.9. The Morgan fingerprint density at radius 2 is 1.88 bits per heavy atom. The normalized spacial score (nSPS) is 36.5. The maximum Gasteiger partial charge on any atom is 0.0956 e. The predicted molar refractivity (Wildman–Crippen MR) is 70.9 cm³/mol. The predicted octanol–water partition coefficient (Wildman–Crippen LogP) is 1.73. The van der Waals surface area contributed by atoms with E-state index in [9.17, 15) is 10.2 Å². The third kappa shape index (κ3) is 3.43. The zero-order valence-corrected chi connectivity index (χ0v) is 12.0. The quantitative estimate of drug-likeness (QED) is 0.790. The Kier molecular flexibility index (Phi) is 4.99. The van der Waals surface area contributed by atoms with Crippen molar-refractivity contribution in [3.05, 3.63) is 0 Å². The Morgan fingerprint density at radius 3 is 2.35 bits per heavy atom. The van der Waals surface area contributed by atoms with Crippen LogP contribution in [0, 0.1) is 17.8 Å². The first-order chi connectivity index (χ1) is 7.77. The third-order valence-electron chi connectivity index (χ3n) is 4.21. The molecule has 0 heterocycles.